The molecule has 1 aromatic carbocycles. The van der Waals surface area contributed by atoms with Gasteiger partial charge in [0.15, 0.2) is 0 Å². The van der Waals surface area contributed by atoms with Crippen LogP contribution >= 0.6 is 22.6 Å². The smallest absolute Gasteiger partial charge is 0.218 e. The lowest BCUT2D eigenvalue weighted by Crippen LogP contribution is -2.41. The van der Waals surface area contributed by atoms with Crippen molar-refractivity contribution in [2.24, 2.45) is 5.92 Å². The summed E-state index contributed by atoms with van der Waals surface area (Å²) in [5, 5.41) is 31.9. The van der Waals surface area contributed by atoms with Gasteiger partial charge < -0.3 is 20.6 Å². The average Bonchev–Trinajstić information content (AvgIpc) is 2.72. The van der Waals surface area contributed by atoms with Gasteiger partial charge in [-0.25, -0.2) is 0 Å². The second kappa shape index (κ2) is 16.6. The van der Waals surface area contributed by atoms with E-state index < -0.39 is 3.55 Å². The molecule has 2 unspecified atom stereocenters. The fourth-order valence-corrected chi connectivity index (χ4v) is 5.87. The van der Waals surface area contributed by atoms with Gasteiger partial charge in [-0.15, -0.1) is 0 Å². The van der Waals surface area contributed by atoms with Crippen molar-refractivity contribution in [3.63, 3.8) is 0 Å². The monoisotopic (exact) mass is 561 g/mol. The maximum absolute atomic E-state index is 11.8. The minimum atomic E-state index is -0.746. The molecule has 4 N–H and O–H groups in total. The fourth-order valence-electron chi connectivity index (χ4n) is 4.30. The molecule has 0 radical (unpaired) electrons. The molecule has 0 aliphatic carbocycles. The number of rotatable bonds is 18. The van der Waals surface area contributed by atoms with E-state index in [1.165, 1.54) is 83.3 Å². The van der Waals surface area contributed by atoms with E-state index in [4.69, 9.17) is 5.11 Å². The highest BCUT2D eigenvalue weighted by atomic mass is 127. The molecule has 1 aromatic rings. The summed E-state index contributed by atoms with van der Waals surface area (Å²) in [7, 11) is 0. The number of benzene rings is 1. The van der Waals surface area contributed by atoms with Gasteiger partial charge in [-0.1, -0.05) is 84.0 Å². The lowest BCUT2D eigenvalue weighted by atomic mass is 9.91. The number of carbonyl (C=O) groups is 1. The lowest BCUT2D eigenvalue weighted by molar-refractivity contribution is -0.120. The summed E-state index contributed by atoms with van der Waals surface area (Å²) in [6.45, 7) is 4.00. The molecule has 0 aliphatic heterocycles. The number of hydrogen-bond donors (Lipinski definition) is 4. The van der Waals surface area contributed by atoms with E-state index in [0.29, 0.717) is 24.5 Å². The molecule has 2 atom stereocenters. The first-order valence-electron chi connectivity index (χ1n) is 12.4. The number of halogens is 1. The molecule has 0 spiro atoms. The highest BCUT2D eigenvalue weighted by Crippen LogP contribution is 2.42. The van der Waals surface area contributed by atoms with Gasteiger partial charge in [-0.05, 0) is 59.5 Å². The number of phenols is 2. The molecule has 0 saturated carbocycles. The van der Waals surface area contributed by atoms with Crippen LogP contribution in [0.15, 0.2) is 18.2 Å². The predicted octanol–water partition coefficient (Wildman–Crippen LogP) is 6.91. The second-order valence-electron chi connectivity index (χ2n) is 9.25. The van der Waals surface area contributed by atoms with Gasteiger partial charge in [0.2, 0.25) is 5.91 Å². The standard InChI is InChI=1S/C26H44INO4/c1-21(15-13-11-9-7-5-3-4-6-8-10-12-14-18-29)20-26(27,28-22(2)30)24-19-23(31)16-17-25(24)32/h16-17,19,21,29,31-32H,3-15,18,20H2,1-2H3,(H,28,30). The van der Waals surface area contributed by atoms with Crippen molar-refractivity contribution >= 4 is 28.5 Å². The van der Waals surface area contributed by atoms with Crippen molar-refractivity contribution in [1.29, 1.82) is 0 Å². The van der Waals surface area contributed by atoms with E-state index in [0.717, 1.165) is 19.3 Å². The number of hydrogen-bond acceptors (Lipinski definition) is 4. The SMILES string of the molecule is CC(=O)NC(I)(CC(C)CCCCCCCCCCCCCCO)c1cc(O)ccc1O. The van der Waals surface area contributed by atoms with Crippen LogP contribution in [0.4, 0.5) is 0 Å². The molecule has 0 saturated heterocycles. The van der Waals surface area contributed by atoms with E-state index in [9.17, 15) is 15.0 Å². The van der Waals surface area contributed by atoms with Crippen molar-refractivity contribution in [2.75, 3.05) is 6.61 Å². The largest absolute Gasteiger partial charge is 0.508 e. The van der Waals surface area contributed by atoms with Crippen LogP contribution in [0.5, 0.6) is 11.5 Å². The Hall–Kier alpha value is -1.02. The first-order valence-corrected chi connectivity index (χ1v) is 13.5. The average molecular weight is 562 g/mol. The Labute approximate surface area is 208 Å². The maximum atomic E-state index is 11.8. The molecule has 5 nitrogen and oxygen atoms in total. The highest BCUT2D eigenvalue weighted by molar-refractivity contribution is 14.1. The zero-order chi connectivity index (χ0) is 23.8. The molecule has 0 heterocycles. The molecule has 0 aliphatic rings. The van der Waals surface area contributed by atoms with Gasteiger partial charge in [0.1, 0.15) is 15.0 Å². The number of aliphatic hydroxyl groups is 1. The second-order valence-corrected chi connectivity index (χ2v) is 11.1. The highest BCUT2D eigenvalue weighted by Gasteiger charge is 2.34. The molecule has 0 fully saturated rings. The van der Waals surface area contributed by atoms with Crippen molar-refractivity contribution in [2.45, 2.75) is 107 Å². The van der Waals surface area contributed by atoms with Crippen molar-refractivity contribution < 1.29 is 20.1 Å². The third kappa shape index (κ3) is 12.3. The number of carbonyl (C=O) groups excluding carboxylic acids is 1. The zero-order valence-corrected chi connectivity index (χ0v) is 22.2. The number of alkyl halides is 1. The summed E-state index contributed by atoms with van der Waals surface area (Å²) in [6, 6.07) is 4.47. The van der Waals surface area contributed by atoms with Crippen LogP contribution in [-0.2, 0) is 8.34 Å². The zero-order valence-electron chi connectivity index (χ0n) is 20.0. The number of nitrogens with one attached hydrogen (secondary N) is 1. The van der Waals surface area contributed by atoms with Crippen molar-refractivity contribution in [3.05, 3.63) is 23.8 Å². The molecule has 184 valence electrons. The van der Waals surface area contributed by atoms with Crippen molar-refractivity contribution in [3.8, 4) is 11.5 Å². The minimum absolute atomic E-state index is 0.0820. The van der Waals surface area contributed by atoms with Crippen LogP contribution in [-0.4, -0.2) is 27.8 Å². The Morgan fingerprint density at radius 3 is 1.94 bits per heavy atom. The number of aromatic hydroxyl groups is 2. The molecular weight excluding hydrogens is 517 g/mol. The number of amides is 1. The molecule has 32 heavy (non-hydrogen) atoms. The van der Waals surface area contributed by atoms with Crippen LogP contribution in [0.3, 0.4) is 0 Å². The Balaban J connectivity index is 2.27. The van der Waals surface area contributed by atoms with Crippen LogP contribution in [0.2, 0.25) is 0 Å². The summed E-state index contributed by atoms with van der Waals surface area (Å²) in [5.41, 5.74) is 0.550. The van der Waals surface area contributed by atoms with E-state index >= 15 is 0 Å². The molecule has 1 rings (SSSR count). The van der Waals surface area contributed by atoms with E-state index in [-0.39, 0.29) is 17.4 Å². The number of phenolic OH excluding ortho intramolecular Hbond substituents is 2. The van der Waals surface area contributed by atoms with Crippen LogP contribution < -0.4 is 5.32 Å². The fraction of sp³-hybridized carbons (Fsp3) is 0.731. The summed E-state index contributed by atoms with van der Waals surface area (Å²) < 4.78 is -0.746. The Morgan fingerprint density at radius 1 is 0.938 bits per heavy atom. The molecule has 1 amide bonds. The maximum Gasteiger partial charge on any atom is 0.218 e. The van der Waals surface area contributed by atoms with Gasteiger partial charge in [0.05, 0.1) is 0 Å². The Morgan fingerprint density at radius 2 is 1.44 bits per heavy atom. The van der Waals surface area contributed by atoms with Gasteiger partial charge in [-0.2, -0.15) is 0 Å². The molecule has 6 heteroatoms. The summed E-state index contributed by atoms with van der Waals surface area (Å²) in [5.74, 6) is 0.396. The third-order valence-corrected chi connectivity index (χ3v) is 7.31. The topological polar surface area (TPSA) is 89.8 Å². The van der Waals surface area contributed by atoms with Gasteiger partial charge in [-0.3, -0.25) is 4.79 Å². The Kier molecular flexibility index (Phi) is 15.0. The first-order chi connectivity index (χ1) is 15.3. The molecular formula is C26H44INO4. The van der Waals surface area contributed by atoms with Crippen LogP contribution in [0.25, 0.3) is 0 Å². The number of aliphatic hydroxyl groups excluding tert-OH is 1. The quantitative estimate of drug-likeness (QED) is 0.0516. The normalized spacial score (nSPS) is 14.1. The third-order valence-electron chi connectivity index (χ3n) is 6.02. The van der Waals surface area contributed by atoms with Gasteiger partial charge >= 0.3 is 0 Å². The lowest BCUT2D eigenvalue weighted by Gasteiger charge is -2.32. The van der Waals surface area contributed by atoms with E-state index in [1.807, 2.05) is 0 Å². The number of unbranched alkanes of at least 4 members (excludes halogenated alkanes) is 11. The van der Waals surface area contributed by atoms with E-state index in [1.54, 1.807) is 6.07 Å². The van der Waals surface area contributed by atoms with Gasteiger partial charge in [0, 0.05) is 19.1 Å². The summed E-state index contributed by atoms with van der Waals surface area (Å²) in [4.78, 5) is 11.8. The van der Waals surface area contributed by atoms with Crippen LogP contribution in [0.1, 0.15) is 109 Å². The van der Waals surface area contributed by atoms with Crippen LogP contribution in [0, 0.1) is 5.92 Å². The Bertz CT molecular complexity index is 655. The first kappa shape index (κ1) is 29.0. The molecule has 0 aromatic heterocycles. The summed E-state index contributed by atoms with van der Waals surface area (Å²) >= 11 is 2.20. The van der Waals surface area contributed by atoms with Crippen molar-refractivity contribution in [1.82, 2.24) is 5.32 Å². The summed E-state index contributed by atoms with van der Waals surface area (Å²) in [6.07, 6.45) is 16.7. The molecule has 0 bridgehead atoms. The minimum Gasteiger partial charge on any atom is -0.508 e. The van der Waals surface area contributed by atoms with Gasteiger partial charge in [0.25, 0.3) is 0 Å². The van der Waals surface area contributed by atoms with E-state index in [2.05, 4.69) is 34.8 Å². The predicted molar refractivity (Wildman–Crippen MR) is 140 cm³/mol.